The molecule has 1 N–H and O–H groups in total. The van der Waals surface area contributed by atoms with Gasteiger partial charge in [0.25, 0.3) is 5.91 Å². The minimum Gasteiger partial charge on any atom is -0.380 e. The summed E-state index contributed by atoms with van der Waals surface area (Å²) in [5, 5.41) is 3.66. The molecule has 6 rings (SSSR count). The van der Waals surface area contributed by atoms with Gasteiger partial charge in [-0.2, -0.15) is 26.3 Å². The number of para-hydroxylation sites is 2. The molecule has 2 atom stereocenters. The average Bonchev–Trinajstić information content (AvgIpc) is 3.44. The number of piperidine rings is 2. The maximum atomic E-state index is 13.8. The average molecular weight is 702 g/mol. The van der Waals surface area contributed by atoms with Crippen LogP contribution >= 0.6 is 0 Å². The van der Waals surface area contributed by atoms with E-state index in [2.05, 4.69) is 14.8 Å². The van der Waals surface area contributed by atoms with Crippen molar-refractivity contribution in [2.24, 2.45) is 0 Å². The SMILES string of the molecule is CCOCCn1c(NC2CCN(C3CCN(C(=O)c4cc(C(F)(F)F)cc(C(F)(F)F)c4)C(Cc4ccccc4)C3)CC2)nc2ccccc21. The molecule has 2 fully saturated rings. The van der Waals surface area contributed by atoms with Gasteiger partial charge in [-0.3, -0.25) is 4.79 Å². The largest absolute Gasteiger partial charge is 0.416 e. The number of benzene rings is 3. The highest BCUT2D eigenvalue weighted by molar-refractivity contribution is 5.95. The summed E-state index contributed by atoms with van der Waals surface area (Å²) in [6, 6.07) is 18.4. The van der Waals surface area contributed by atoms with Gasteiger partial charge >= 0.3 is 12.4 Å². The topological polar surface area (TPSA) is 62.6 Å². The van der Waals surface area contributed by atoms with Gasteiger partial charge in [0.05, 0.1) is 28.8 Å². The molecule has 2 aliphatic rings. The Bertz CT molecular complexity index is 1720. The highest BCUT2D eigenvalue weighted by Gasteiger charge is 2.40. The Labute approximate surface area is 287 Å². The number of aromatic nitrogens is 2. The zero-order valence-electron chi connectivity index (χ0n) is 27.8. The first-order valence-corrected chi connectivity index (χ1v) is 17.1. The zero-order valence-corrected chi connectivity index (χ0v) is 27.8. The lowest BCUT2D eigenvalue weighted by Crippen LogP contribution is -2.54. The summed E-state index contributed by atoms with van der Waals surface area (Å²) in [7, 11) is 0. The standard InChI is InChI=1S/C37H41F6N5O2/c1-2-50-19-18-48-33-11-7-6-10-32(33)45-35(48)44-29-12-15-46(16-13-29)30-14-17-47(31(24-30)20-25-8-4-3-5-9-25)34(49)26-21-27(36(38,39)40)23-28(22-26)37(41,42)43/h3-11,21-23,29-31H,2,12-20,24H2,1H3,(H,44,45). The summed E-state index contributed by atoms with van der Waals surface area (Å²) < 4.78 is 89.6. The minimum absolute atomic E-state index is 0.0551. The summed E-state index contributed by atoms with van der Waals surface area (Å²) >= 11 is 0. The third-order valence-electron chi connectivity index (χ3n) is 9.79. The van der Waals surface area contributed by atoms with E-state index in [1.807, 2.05) is 61.5 Å². The van der Waals surface area contributed by atoms with E-state index in [0.717, 1.165) is 48.5 Å². The van der Waals surface area contributed by atoms with Gasteiger partial charge in [-0.05, 0) is 74.9 Å². The highest BCUT2D eigenvalue weighted by Crippen LogP contribution is 2.37. The molecule has 13 heteroatoms. The Hall–Kier alpha value is -4.10. The van der Waals surface area contributed by atoms with Gasteiger partial charge in [0, 0.05) is 56.5 Å². The fraction of sp³-hybridized carbons (Fsp3) is 0.459. The van der Waals surface area contributed by atoms with Crippen LogP contribution in [-0.2, 0) is 30.1 Å². The lowest BCUT2D eigenvalue weighted by molar-refractivity contribution is -0.143. The molecule has 0 radical (unpaired) electrons. The maximum absolute atomic E-state index is 13.8. The van der Waals surface area contributed by atoms with Crippen molar-refractivity contribution in [1.29, 1.82) is 0 Å². The Morgan fingerprint density at radius 2 is 1.54 bits per heavy atom. The number of likely N-dealkylation sites (tertiary alicyclic amines) is 2. The predicted octanol–water partition coefficient (Wildman–Crippen LogP) is 7.90. The molecule has 7 nitrogen and oxygen atoms in total. The first kappa shape index (κ1) is 35.7. The summed E-state index contributed by atoms with van der Waals surface area (Å²) in [5.41, 5.74) is -0.709. The number of hydrogen-bond acceptors (Lipinski definition) is 5. The lowest BCUT2D eigenvalue weighted by Gasteiger charge is -2.45. The third kappa shape index (κ3) is 8.26. The monoisotopic (exact) mass is 701 g/mol. The summed E-state index contributed by atoms with van der Waals surface area (Å²) in [5.74, 6) is -0.0153. The number of alkyl halides is 6. The Kier molecular flexibility index (Phi) is 10.7. The van der Waals surface area contributed by atoms with Crippen LogP contribution < -0.4 is 5.32 Å². The number of nitrogens with one attached hydrogen (secondary N) is 1. The molecule has 0 aliphatic carbocycles. The summed E-state index contributed by atoms with van der Waals surface area (Å²) in [6.45, 7) is 5.68. The van der Waals surface area contributed by atoms with E-state index in [4.69, 9.17) is 9.72 Å². The van der Waals surface area contributed by atoms with Gasteiger partial charge in [0.15, 0.2) is 0 Å². The fourth-order valence-corrected chi connectivity index (χ4v) is 7.26. The van der Waals surface area contributed by atoms with Gasteiger partial charge in [-0.25, -0.2) is 4.98 Å². The first-order valence-electron chi connectivity index (χ1n) is 17.1. The third-order valence-corrected chi connectivity index (χ3v) is 9.79. The molecular formula is C37H41F6N5O2. The molecular weight excluding hydrogens is 660 g/mol. The lowest BCUT2D eigenvalue weighted by atomic mass is 9.89. The van der Waals surface area contributed by atoms with Crippen molar-refractivity contribution in [3.8, 4) is 0 Å². The fourth-order valence-electron chi connectivity index (χ4n) is 7.26. The predicted molar refractivity (Wildman–Crippen MR) is 179 cm³/mol. The number of amides is 1. The number of ether oxygens (including phenoxy) is 1. The molecule has 3 aromatic carbocycles. The molecule has 3 heterocycles. The number of anilines is 1. The molecule has 1 aromatic heterocycles. The van der Waals surface area contributed by atoms with Crippen LogP contribution in [0.2, 0.25) is 0 Å². The van der Waals surface area contributed by atoms with Crippen molar-refractivity contribution in [2.45, 2.75) is 76.1 Å². The number of fused-ring (bicyclic) bond motifs is 1. The molecule has 2 unspecified atom stereocenters. The molecule has 2 saturated heterocycles. The normalized spacial score (nSPS) is 19.6. The Morgan fingerprint density at radius 3 is 2.20 bits per heavy atom. The van der Waals surface area contributed by atoms with Crippen LogP contribution in [0.25, 0.3) is 11.0 Å². The van der Waals surface area contributed by atoms with E-state index in [1.54, 1.807) is 0 Å². The van der Waals surface area contributed by atoms with Crippen LogP contribution in [-0.4, -0.2) is 76.2 Å². The molecule has 1 amide bonds. The number of halogens is 6. The maximum Gasteiger partial charge on any atom is 0.416 e. The number of hydrogen-bond donors (Lipinski definition) is 1. The van der Waals surface area contributed by atoms with E-state index in [1.165, 1.54) is 4.90 Å². The van der Waals surface area contributed by atoms with Gasteiger partial charge in [-0.1, -0.05) is 42.5 Å². The van der Waals surface area contributed by atoms with Crippen molar-refractivity contribution in [1.82, 2.24) is 19.4 Å². The summed E-state index contributed by atoms with van der Waals surface area (Å²) in [4.78, 5) is 22.5. The van der Waals surface area contributed by atoms with Gasteiger partial charge in [-0.15, -0.1) is 0 Å². The van der Waals surface area contributed by atoms with Gasteiger partial charge < -0.3 is 24.4 Å². The van der Waals surface area contributed by atoms with Crippen LogP contribution in [0.3, 0.4) is 0 Å². The number of carbonyl (C=O) groups is 1. The number of imidazole rings is 1. The van der Waals surface area contributed by atoms with Gasteiger partial charge in [0.2, 0.25) is 5.95 Å². The van der Waals surface area contributed by atoms with E-state index in [9.17, 15) is 31.1 Å². The van der Waals surface area contributed by atoms with Crippen molar-refractivity contribution < 1.29 is 35.9 Å². The molecule has 50 heavy (non-hydrogen) atoms. The molecule has 4 aromatic rings. The number of carbonyl (C=O) groups excluding carboxylic acids is 1. The minimum atomic E-state index is -5.04. The smallest absolute Gasteiger partial charge is 0.380 e. The molecule has 0 saturated carbocycles. The second-order valence-electron chi connectivity index (χ2n) is 13.0. The van der Waals surface area contributed by atoms with E-state index < -0.39 is 41.0 Å². The molecule has 268 valence electrons. The quantitative estimate of drug-likeness (QED) is 0.135. The van der Waals surface area contributed by atoms with E-state index in [-0.39, 0.29) is 24.7 Å². The highest BCUT2D eigenvalue weighted by atomic mass is 19.4. The van der Waals surface area contributed by atoms with Crippen molar-refractivity contribution in [2.75, 3.05) is 38.2 Å². The van der Waals surface area contributed by atoms with Crippen molar-refractivity contribution >= 4 is 22.9 Å². The molecule has 0 spiro atoms. The first-order chi connectivity index (χ1) is 23.9. The van der Waals surface area contributed by atoms with E-state index in [0.29, 0.717) is 51.2 Å². The molecule has 0 bridgehead atoms. The van der Waals surface area contributed by atoms with E-state index >= 15 is 0 Å². The van der Waals surface area contributed by atoms with Gasteiger partial charge in [0.1, 0.15) is 0 Å². The second-order valence-corrected chi connectivity index (χ2v) is 13.0. The second kappa shape index (κ2) is 15.0. The van der Waals surface area contributed by atoms with Crippen LogP contribution in [0.5, 0.6) is 0 Å². The van der Waals surface area contributed by atoms with Crippen LogP contribution in [0.4, 0.5) is 32.3 Å². The van der Waals surface area contributed by atoms with Crippen LogP contribution in [0.1, 0.15) is 59.7 Å². The molecule has 2 aliphatic heterocycles. The Morgan fingerprint density at radius 1 is 0.880 bits per heavy atom. The van der Waals surface area contributed by atoms with Crippen molar-refractivity contribution in [3.05, 3.63) is 95.1 Å². The Balaban J connectivity index is 1.16. The number of rotatable bonds is 10. The van der Waals surface area contributed by atoms with Crippen LogP contribution in [0, 0.1) is 0 Å². The zero-order chi connectivity index (χ0) is 35.5. The van der Waals surface area contributed by atoms with Crippen molar-refractivity contribution in [3.63, 3.8) is 0 Å². The summed E-state index contributed by atoms with van der Waals surface area (Å²) in [6.07, 6.45) is -6.80. The number of nitrogens with zero attached hydrogens (tertiary/aromatic N) is 4. The van der Waals surface area contributed by atoms with Crippen LogP contribution in [0.15, 0.2) is 72.8 Å².